The average molecular weight is 370 g/mol. The second-order valence-electron chi connectivity index (χ2n) is 6.06. The molecule has 1 aliphatic carbocycles. The summed E-state index contributed by atoms with van der Waals surface area (Å²) in [4.78, 5) is 21.1. The number of benzene rings is 1. The molecule has 0 bridgehead atoms. The van der Waals surface area contributed by atoms with E-state index in [4.69, 9.17) is 11.6 Å². The highest BCUT2D eigenvalue weighted by Gasteiger charge is 2.24. The van der Waals surface area contributed by atoms with E-state index < -0.39 is 0 Å². The van der Waals surface area contributed by atoms with Crippen LogP contribution in [-0.4, -0.2) is 15.9 Å². The van der Waals surface area contributed by atoms with Gasteiger partial charge in [0.2, 0.25) is 5.91 Å². The van der Waals surface area contributed by atoms with Crippen LogP contribution in [0, 0.1) is 0 Å². The first-order valence-corrected chi connectivity index (χ1v) is 9.37. The van der Waals surface area contributed by atoms with Crippen molar-refractivity contribution >= 4 is 28.8 Å². The molecule has 0 spiro atoms. The molecule has 3 aromatic rings. The number of thiazole rings is 1. The Morgan fingerprint density at radius 3 is 3.12 bits per heavy atom. The molecule has 126 valence electrons. The summed E-state index contributed by atoms with van der Waals surface area (Å²) in [6.07, 6.45) is 5.67. The normalized spacial score (nSPS) is 15.8. The van der Waals surface area contributed by atoms with E-state index >= 15 is 0 Å². The summed E-state index contributed by atoms with van der Waals surface area (Å²) in [5.41, 5.74) is 4.16. The number of aryl methyl sites for hydroxylation is 1. The molecule has 25 heavy (non-hydrogen) atoms. The second kappa shape index (κ2) is 6.94. The molecule has 0 fully saturated rings. The van der Waals surface area contributed by atoms with E-state index in [9.17, 15) is 4.79 Å². The number of amides is 1. The highest BCUT2D eigenvalue weighted by molar-refractivity contribution is 7.13. The number of nitrogens with zero attached hydrogens (tertiary/aromatic N) is 2. The van der Waals surface area contributed by atoms with Crippen LogP contribution in [0.5, 0.6) is 0 Å². The Kier molecular flexibility index (Phi) is 4.51. The standard InChI is InChI=1S/C19H16ClN3OS/c20-14-4-5-16-12(8-14)3-6-17(16)23-18(24)9-15-11-25-19(22-15)13-2-1-7-21-10-13/h1-2,4-5,7-8,10-11,17H,3,6,9H2,(H,23,24)/t17-/m1/s1. The maximum absolute atomic E-state index is 12.4. The molecule has 0 aliphatic heterocycles. The first kappa shape index (κ1) is 16.2. The van der Waals surface area contributed by atoms with Gasteiger partial charge in [0.05, 0.1) is 18.2 Å². The minimum atomic E-state index is -0.00385. The minimum Gasteiger partial charge on any atom is -0.349 e. The van der Waals surface area contributed by atoms with Gasteiger partial charge >= 0.3 is 0 Å². The predicted octanol–water partition coefficient (Wildman–Crippen LogP) is 4.20. The van der Waals surface area contributed by atoms with Gasteiger partial charge in [-0.2, -0.15) is 0 Å². The maximum atomic E-state index is 12.4. The van der Waals surface area contributed by atoms with Crippen LogP contribution in [0.3, 0.4) is 0 Å². The highest BCUT2D eigenvalue weighted by Crippen LogP contribution is 2.33. The van der Waals surface area contributed by atoms with E-state index in [1.54, 1.807) is 12.4 Å². The number of hydrogen-bond donors (Lipinski definition) is 1. The summed E-state index contributed by atoms with van der Waals surface area (Å²) >= 11 is 7.57. The van der Waals surface area contributed by atoms with Crippen LogP contribution >= 0.6 is 22.9 Å². The molecule has 4 nitrogen and oxygen atoms in total. The number of nitrogens with one attached hydrogen (secondary N) is 1. The number of pyridine rings is 1. The molecule has 1 aliphatic rings. The fraction of sp³-hybridized carbons (Fsp3) is 0.211. The van der Waals surface area contributed by atoms with Crippen molar-refractivity contribution in [2.75, 3.05) is 0 Å². The van der Waals surface area contributed by atoms with Gasteiger partial charge < -0.3 is 5.32 Å². The predicted molar refractivity (Wildman–Crippen MR) is 99.7 cm³/mol. The number of halogens is 1. The largest absolute Gasteiger partial charge is 0.349 e. The zero-order valence-electron chi connectivity index (χ0n) is 13.4. The number of carbonyl (C=O) groups is 1. The minimum absolute atomic E-state index is 0.00385. The summed E-state index contributed by atoms with van der Waals surface area (Å²) < 4.78 is 0. The van der Waals surface area contributed by atoms with Crippen LogP contribution < -0.4 is 5.32 Å². The SMILES string of the molecule is O=C(Cc1csc(-c2cccnc2)n1)N[C@@H]1CCc2cc(Cl)ccc21. The molecular weight excluding hydrogens is 354 g/mol. The van der Waals surface area contributed by atoms with Gasteiger partial charge in [-0.1, -0.05) is 17.7 Å². The van der Waals surface area contributed by atoms with Crippen LogP contribution in [0.1, 0.15) is 29.3 Å². The number of rotatable bonds is 4. The molecule has 0 unspecified atom stereocenters. The van der Waals surface area contributed by atoms with E-state index in [0.717, 1.165) is 34.1 Å². The van der Waals surface area contributed by atoms with Crippen molar-refractivity contribution < 1.29 is 4.79 Å². The monoisotopic (exact) mass is 369 g/mol. The lowest BCUT2D eigenvalue weighted by Gasteiger charge is -2.13. The average Bonchev–Trinajstić information content (AvgIpc) is 3.23. The number of fused-ring (bicyclic) bond motifs is 1. The van der Waals surface area contributed by atoms with E-state index in [1.165, 1.54) is 22.5 Å². The fourth-order valence-corrected chi connectivity index (χ4v) is 4.16. The van der Waals surface area contributed by atoms with Crippen LogP contribution in [0.2, 0.25) is 5.02 Å². The molecule has 1 aromatic carbocycles. The van der Waals surface area contributed by atoms with Gasteiger partial charge in [-0.3, -0.25) is 9.78 Å². The quantitative estimate of drug-likeness (QED) is 0.749. The third kappa shape index (κ3) is 3.57. The number of carbonyl (C=O) groups excluding carboxylic acids is 1. The number of aromatic nitrogens is 2. The molecule has 2 heterocycles. The lowest BCUT2D eigenvalue weighted by Crippen LogP contribution is -2.28. The fourth-order valence-electron chi connectivity index (χ4n) is 3.16. The van der Waals surface area contributed by atoms with Gasteiger partial charge in [0.15, 0.2) is 0 Å². The molecule has 4 rings (SSSR count). The Balaban J connectivity index is 1.42. The molecule has 1 amide bonds. The molecule has 0 saturated carbocycles. The van der Waals surface area contributed by atoms with Crippen molar-refractivity contribution in [3.05, 3.63) is 69.9 Å². The zero-order chi connectivity index (χ0) is 17.2. The van der Waals surface area contributed by atoms with Crippen molar-refractivity contribution in [2.24, 2.45) is 0 Å². The van der Waals surface area contributed by atoms with Crippen LogP contribution in [0.4, 0.5) is 0 Å². The summed E-state index contributed by atoms with van der Waals surface area (Å²) in [7, 11) is 0. The van der Waals surface area contributed by atoms with Crippen molar-refractivity contribution in [2.45, 2.75) is 25.3 Å². The van der Waals surface area contributed by atoms with Crippen LogP contribution in [-0.2, 0) is 17.6 Å². The maximum Gasteiger partial charge on any atom is 0.226 e. The molecular formula is C19H16ClN3OS. The molecule has 0 radical (unpaired) electrons. The van der Waals surface area contributed by atoms with Gasteiger partial charge in [0, 0.05) is 28.4 Å². The third-order valence-electron chi connectivity index (χ3n) is 4.32. The van der Waals surface area contributed by atoms with Gasteiger partial charge in [-0.25, -0.2) is 4.98 Å². The Morgan fingerprint density at radius 2 is 2.28 bits per heavy atom. The van der Waals surface area contributed by atoms with Gasteiger partial charge in [0.1, 0.15) is 5.01 Å². The van der Waals surface area contributed by atoms with Crippen LogP contribution in [0.25, 0.3) is 10.6 Å². The van der Waals surface area contributed by atoms with Crippen molar-refractivity contribution in [3.63, 3.8) is 0 Å². The van der Waals surface area contributed by atoms with Crippen molar-refractivity contribution in [1.82, 2.24) is 15.3 Å². The second-order valence-corrected chi connectivity index (χ2v) is 7.36. The third-order valence-corrected chi connectivity index (χ3v) is 5.50. The van der Waals surface area contributed by atoms with Gasteiger partial charge in [-0.15, -0.1) is 11.3 Å². The molecule has 2 aromatic heterocycles. The topological polar surface area (TPSA) is 54.9 Å². The summed E-state index contributed by atoms with van der Waals surface area (Å²) in [6.45, 7) is 0. The van der Waals surface area contributed by atoms with Crippen LogP contribution in [0.15, 0.2) is 48.1 Å². The smallest absolute Gasteiger partial charge is 0.226 e. The lowest BCUT2D eigenvalue weighted by molar-refractivity contribution is -0.121. The Hall–Kier alpha value is -2.24. The molecule has 1 N–H and O–H groups in total. The van der Waals surface area contributed by atoms with E-state index in [-0.39, 0.29) is 18.4 Å². The van der Waals surface area contributed by atoms with E-state index in [0.29, 0.717) is 0 Å². The molecule has 0 saturated heterocycles. The van der Waals surface area contributed by atoms with Crippen molar-refractivity contribution in [3.8, 4) is 10.6 Å². The number of hydrogen-bond acceptors (Lipinski definition) is 4. The summed E-state index contributed by atoms with van der Waals surface area (Å²) in [5, 5.41) is 6.69. The Bertz CT molecular complexity index is 910. The summed E-state index contributed by atoms with van der Waals surface area (Å²) in [6, 6.07) is 9.80. The van der Waals surface area contributed by atoms with Crippen molar-refractivity contribution in [1.29, 1.82) is 0 Å². The van der Waals surface area contributed by atoms with Gasteiger partial charge in [0.25, 0.3) is 0 Å². The Labute approximate surface area is 154 Å². The first-order chi connectivity index (χ1) is 12.2. The first-order valence-electron chi connectivity index (χ1n) is 8.11. The Morgan fingerprint density at radius 1 is 1.36 bits per heavy atom. The van der Waals surface area contributed by atoms with E-state index in [1.807, 2.05) is 35.7 Å². The molecule has 1 atom stereocenters. The zero-order valence-corrected chi connectivity index (χ0v) is 15.0. The molecule has 6 heteroatoms. The lowest BCUT2D eigenvalue weighted by atomic mass is 10.1. The van der Waals surface area contributed by atoms with E-state index in [2.05, 4.69) is 15.3 Å². The highest BCUT2D eigenvalue weighted by atomic mass is 35.5. The summed E-state index contributed by atoms with van der Waals surface area (Å²) in [5.74, 6) is -0.00385. The van der Waals surface area contributed by atoms with Gasteiger partial charge in [-0.05, 0) is 48.2 Å².